The van der Waals surface area contributed by atoms with Crippen LogP contribution in [0.4, 0.5) is 5.82 Å². The van der Waals surface area contributed by atoms with Crippen LogP contribution in [0.15, 0.2) is 35.4 Å². The second-order valence-electron chi connectivity index (χ2n) is 8.85. The highest BCUT2D eigenvalue weighted by Crippen LogP contribution is 2.35. The third kappa shape index (κ3) is 4.29. The fourth-order valence-corrected chi connectivity index (χ4v) is 4.47. The predicted molar refractivity (Wildman–Crippen MR) is 122 cm³/mol. The van der Waals surface area contributed by atoms with E-state index in [4.69, 9.17) is 0 Å². The minimum atomic E-state index is -0.0848. The Bertz CT molecular complexity index is 1140. The number of aryl methyl sites for hydroxylation is 2. The molecule has 4 heterocycles. The van der Waals surface area contributed by atoms with Crippen LogP contribution in [0.2, 0.25) is 0 Å². The Hall–Kier alpha value is -3.07. The van der Waals surface area contributed by atoms with Crippen molar-refractivity contribution < 1.29 is 0 Å². The summed E-state index contributed by atoms with van der Waals surface area (Å²) in [4.78, 5) is 26.1. The summed E-state index contributed by atoms with van der Waals surface area (Å²) in [5.74, 6) is 2.33. The molecule has 1 saturated carbocycles. The minimum absolute atomic E-state index is 0.0848. The Morgan fingerprint density at radius 1 is 0.938 bits per heavy atom. The number of hydrogen-bond donors (Lipinski definition) is 0. The maximum atomic E-state index is 12.3. The van der Waals surface area contributed by atoms with Crippen LogP contribution < -0.4 is 10.5 Å². The van der Waals surface area contributed by atoms with Crippen LogP contribution in [0, 0.1) is 13.8 Å². The Kier molecular flexibility index (Phi) is 5.73. The first kappa shape index (κ1) is 20.8. The first-order chi connectivity index (χ1) is 15.6. The van der Waals surface area contributed by atoms with Gasteiger partial charge in [0, 0.05) is 62.2 Å². The number of rotatable bonds is 6. The molecule has 0 radical (unpaired) electrons. The van der Waals surface area contributed by atoms with E-state index < -0.39 is 0 Å². The average molecular weight is 435 g/mol. The van der Waals surface area contributed by atoms with Crippen LogP contribution in [0.25, 0.3) is 5.82 Å². The largest absolute Gasteiger partial charge is 0.354 e. The lowest BCUT2D eigenvalue weighted by Crippen LogP contribution is -2.48. The van der Waals surface area contributed by atoms with Crippen molar-refractivity contribution in [3.05, 3.63) is 58.0 Å². The SMILES string of the molecule is Cc1cc(C)n(-c2ccc(=O)n(CCN3CCN(c4cc(C5CCC5)ncn4)CC3)n2)n1. The summed E-state index contributed by atoms with van der Waals surface area (Å²) in [6, 6.07) is 7.49. The number of anilines is 1. The summed E-state index contributed by atoms with van der Waals surface area (Å²) < 4.78 is 3.33. The highest BCUT2D eigenvalue weighted by Gasteiger charge is 2.23. The molecule has 5 rings (SSSR count). The molecule has 0 N–H and O–H groups in total. The number of aromatic nitrogens is 6. The van der Waals surface area contributed by atoms with Gasteiger partial charge in [-0.1, -0.05) is 6.42 Å². The van der Waals surface area contributed by atoms with Crippen molar-refractivity contribution in [1.82, 2.24) is 34.4 Å². The number of piperazine rings is 1. The van der Waals surface area contributed by atoms with Gasteiger partial charge < -0.3 is 4.90 Å². The Morgan fingerprint density at radius 3 is 2.44 bits per heavy atom. The summed E-state index contributed by atoms with van der Waals surface area (Å²) in [7, 11) is 0. The molecule has 2 aliphatic rings. The quantitative estimate of drug-likeness (QED) is 0.586. The van der Waals surface area contributed by atoms with Gasteiger partial charge in [0.1, 0.15) is 12.1 Å². The van der Waals surface area contributed by atoms with Crippen LogP contribution in [-0.2, 0) is 6.54 Å². The molecule has 1 aliphatic heterocycles. The zero-order valence-electron chi connectivity index (χ0n) is 18.8. The van der Waals surface area contributed by atoms with E-state index in [0.717, 1.165) is 49.9 Å². The van der Waals surface area contributed by atoms with Crippen molar-refractivity contribution in [2.75, 3.05) is 37.6 Å². The molecule has 0 spiro atoms. The van der Waals surface area contributed by atoms with E-state index in [0.29, 0.717) is 18.3 Å². The zero-order valence-corrected chi connectivity index (χ0v) is 18.8. The third-order valence-electron chi connectivity index (χ3n) is 6.60. The Morgan fingerprint density at radius 2 is 1.75 bits per heavy atom. The number of nitrogens with zero attached hydrogens (tertiary/aromatic N) is 8. The van der Waals surface area contributed by atoms with Gasteiger partial charge in [-0.3, -0.25) is 9.69 Å². The van der Waals surface area contributed by atoms with Crippen molar-refractivity contribution >= 4 is 5.82 Å². The lowest BCUT2D eigenvalue weighted by Gasteiger charge is -2.35. The summed E-state index contributed by atoms with van der Waals surface area (Å²) in [6.07, 6.45) is 5.52. The molecule has 168 valence electrons. The van der Waals surface area contributed by atoms with Crippen LogP contribution in [-0.4, -0.2) is 67.2 Å². The first-order valence-electron chi connectivity index (χ1n) is 11.5. The molecule has 9 heteroatoms. The van der Waals surface area contributed by atoms with Gasteiger partial charge in [0.05, 0.1) is 12.2 Å². The molecule has 2 fully saturated rings. The van der Waals surface area contributed by atoms with E-state index in [1.165, 1.54) is 25.0 Å². The van der Waals surface area contributed by atoms with Crippen molar-refractivity contribution in [3.8, 4) is 5.82 Å². The second-order valence-corrected chi connectivity index (χ2v) is 8.85. The molecule has 9 nitrogen and oxygen atoms in total. The molecule has 0 bridgehead atoms. The lowest BCUT2D eigenvalue weighted by atomic mass is 9.83. The third-order valence-corrected chi connectivity index (χ3v) is 6.60. The highest BCUT2D eigenvalue weighted by molar-refractivity contribution is 5.40. The van der Waals surface area contributed by atoms with Gasteiger partial charge >= 0.3 is 0 Å². The molecule has 0 atom stereocenters. The number of hydrogen-bond acceptors (Lipinski definition) is 7. The smallest absolute Gasteiger partial charge is 0.266 e. The normalized spacial score (nSPS) is 17.5. The predicted octanol–water partition coefficient (Wildman–Crippen LogP) is 1.93. The van der Waals surface area contributed by atoms with E-state index in [2.05, 4.69) is 36.0 Å². The van der Waals surface area contributed by atoms with Crippen LogP contribution in [0.5, 0.6) is 0 Å². The van der Waals surface area contributed by atoms with Gasteiger partial charge in [-0.2, -0.15) is 5.10 Å². The summed E-state index contributed by atoms with van der Waals surface area (Å²) >= 11 is 0. The monoisotopic (exact) mass is 434 g/mol. The summed E-state index contributed by atoms with van der Waals surface area (Å²) in [6.45, 7) is 9.02. The fourth-order valence-electron chi connectivity index (χ4n) is 4.47. The molecule has 3 aromatic heterocycles. The van der Waals surface area contributed by atoms with E-state index in [1.807, 2.05) is 19.9 Å². The lowest BCUT2D eigenvalue weighted by molar-refractivity contribution is 0.242. The van der Waals surface area contributed by atoms with E-state index in [-0.39, 0.29) is 5.56 Å². The van der Waals surface area contributed by atoms with Crippen LogP contribution in [0.3, 0.4) is 0 Å². The first-order valence-corrected chi connectivity index (χ1v) is 11.5. The van der Waals surface area contributed by atoms with E-state index in [1.54, 1.807) is 27.8 Å². The molecule has 0 aromatic carbocycles. The van der Waals surface area contributed by atoms with Crippen LogP contribution >= 0.6 is 0 Å². The van der Waals surface area contributed by atoms with Gasteiger partial charge in [-0.25, -0.2) is 19.3 Å². The fraction of sp³-hybridized carbons (Fsp3) is 0.522. The van der Waals surface area contributed by atoms with Crippen molar-refractivity contribution in [3.63, 3.8) is 0 Å². The topological polar surface area (TPSA) is 85.0 Å². The van der Waals surface area contributed by atoms with Gasteiger partial charge in [0.15, 0.2) is 5.82 Å². The standard InChI is InChI=1S/C23H30N8O/c1-17-14-18(2)31(26-17)21-6-7-23(32)30(27-21)13-10-28-8-11-29(12-9-28)22-15-20(24-16-25-22)19-4-3-5-19/h6-7,14-16,19H,3-5,8-13H2,1-2H3. The van der Waals surface area contributed by atoms with Crippen molar-refractivity contribution in [2.24, 2.45) is 0 Å². The maximum Gasteiger partial charge on any atom is 0.266 e. The molecular formula is C23H30N8O. The molecule has 32 heavy (non-hydrogen) atoms. The summed E-state index contributed by atoms with van der Waals surface area (Å²) in [5, 5.41) is 9.03. The van der Waals surface area contributed by atoms with Gasteiger partial charge in [-0.15, -0.1) is 5.10 Å². The van der Waals surface area contributed by atoms with Gasteiger partial charge in [0.25, 0.3) is 5.56 Å². The Balaban J connectivity index is 1.19. The second kappa shape index (κ2) is 8.82. The van der Waals surface area contributed by atoms with E-state index in [9.17, 15) is 4.79 Å². The minimum Gasteiger partial charge on any atom is -0.354 e. The highest BCUT2D eigenvalue weighted by atomic mass is 16.1. The van der Waals surface area contributed by atoms with Gasteiger partial charge in [0.2, 0.25) is 0 Å². The molecule has 0 unspecified atom stereocenters. The molecule has 3 aromatic rings. The van der Waals surface area contributed by atoms with Gasteiger partial charge in [-0.05, 0) is 38.8 Å². The van der Waals surface area contributed by atoms with E-state index >= 15 is 0 Å². The molecule has 1 aliphatic carbocycles. The maximum absolute atomic E-state index is 12.3. The zero-order chi connectivity index (χ0) is 22.1. The Labute approximate surface area is 187 Å². The molecular weight excluding hydrogens is 404 g/mol. The molecule has 0 amide bonds. The van der Waals surface area contributed by atoms with Crippen molar-refractivity contribution in [2.45, 2.75) is 45.6 Å². The van der Waals surface area contributed by atoms with Crippen molar-refractivity contribution in [1.29, 1.82) is 0 Å². The average Bonchev–Trinajstić information content (AvgIpc) is 3.10. The van der Waals surface area contributed by atoms with Crippen LogP contribution in [0.1, 0.15) is 42.3 Å². The molecule has 1 saturated heterocycles. The summed E-state index contributed by atoms with van der Waals surface area (Å²) in [5.41, 5.74) is 3.04.